The van der Waals surface area contributed by atoms with Gasteiger partial charge in [0.05, 0.1) is 27.3 Å². The highest BCUT2D eigenvalue weighted by Crippen LogP contribution is 2.42. The summed E-state index contributed by atoms with van der Waals surface area (Å²) in [6, 6.07) is 25.3. The molecule has 2 nitrogen and oxygen atoms in total. The van der Waals surface area contributed by atoms with E-state index in [-0.39, 0.29) is 5.41 Å². The molecule has 0 saturated carbocycles. The predicted molar refractivity (Wildman–Crippen MR) is 145 cm³/mol. The van der Waals surface area contributed by atoms with Gasteiger partial charge in [0.15, 0.2) is 6.20 Å². The molecule has 0 bridgehead atoms. The number of aromatic nitrogens is 2. The van der Waals surface area contributed by atoms with E-state index < -0.39 is 0 Å². The number of hydrogen-bond acceptors (Lipinski definition) is 0. The molecule has 0 amide bonds. The molecule has 0 spiro atoms. The molecule has 0 unspecified atom stereocenters. The van der Waals surface area contributed by atoms with Gasteiger partial charge in [-0.15, -0.1) is 0 Å². The van der Waals surface area contributed by atoms with Crippen LogP contribution in [-0.2, 0) is 13.5 Å². The smallest absolute Gasteiger partial charge is 0.224 e. The van der Waals surface area contributed by atoms with E-state index in [4.69, 9.17) is 0 Å². The van der Waals surface area contributed by atoms with Crippen molar-refractivity contribution in [1.29, 1.82) is 0 Å². The van der Waals surface area contributed by atoms with Crippen LogP contribution in [0.4, 0.5) is 0 Å². The molecule has 3 heterocycles. The highest BCUT2D eigenvalue weighted by molar-refractivity contribution is 6.29. The van der Waals surface area contributed by atoms with Crippen LogP contribution in [0.25, 0.3) is 59.8 Å². The minimum Gasteiger partial charge on any atom is -0.307 e. The molecule has 0 aliphatic heterocycles. The van der Waals surface area contributed by atoms with Gasteiger partial charge in [0.1, 0.15) is 7.05 Å². The lowest BCUT2D eigenvalue weighted by Gasteiger charge is -2.19. The SMILES string of the molecule is Cc1ccc2c3ccccc3n3c4cc5cc(CC(C)(C)C)ccc5c5cc[n+](C)c(c1c23)c54. The van der Waals surface area contributed by atoms with Crippen LogP contribution in [0.1, 0.15) is 31.9 Å². The number of para-hydroxylation sites is 1. The molecule has 166 valence electrons. The average Bonchev–Trinajstić information content (AvgIpc) is 3.13. The van der Waals surface area contributed by atoms with Crippen molar-refractivity contribution in [2.24, 2.45) is 12.5 Å². The van der Waals surface area contributed by atoms with E-state index in [0.717, 1.165) is 6.42 Å². The largest absolute Gasteiger partial charge is 0.307 e. The minimum absolute atomic E-state index is 0.263. The Morgan fingerprint density at radius 2 is 1.56 bits per heavy atom. The van der Waals surface area contributed by atoms with E-state index in [0.29, 0.717) is 0 Å². The van der Waals surface area contributed by atoms with Crippen molar-refractivity contribution in [2.45, 2.75) is 34.1 Å². The first-order valence-corrected chi connectivity index (χ1v) is 12.2. The molecule has 0 fully saturated rings. The maximum atomic E-state index is 2.53. The standard InChI is InChI=1S/C32H29N2/c1-19-10-12-25-23-8-6-7-9-26(23)34-27-17-21-16-20(18-32(2,3)4)11-13-22(21)24-14-15-33(5)31(29(24)27)28(19)30(25)34/h6-17H,18H2,1-5H3/q+1. The molecule has 0 aliphatic rings. The van der Waals surface area contributed by atoms with Crippen LogP contribution in [0.3, 0.4) is 0 Å². The van der Waals surface area contributed by atoms with E-state index in [1.54, 1.807) is 0 Å². The van der Waals surface area contributed by atoms with Crippen molar-refractivity contribution in [1.82, 2.24) is 4.40 Å². The van der Waals surface area contributed by atoms with E-state index in [9.17, 15) is 0 Å². The molecule has 0 N–H and O–H groups in total. The quantitative estimate of drug-likeness (QED) is 0.139. The Morgan fingerprint density at radius 1 is 0.765 bits per heavy atom. The van der Waals surface area contributed by atoms with E-state index in [1.165, 1.54) is 70.9 Å². The Hall–Kier alpha value is -3.65. The number of benzene rings is 4. The van der Waals surface area contributed by atoms with Gasteiger partial charge in [-0.3, -0.25) is 0 Å². The van der Waals surface area contributed by atoms with Gasteiger partial charge in [0.25, 0.3) is 0 Å². The Bertz CT molecular complexity index is 1930. The second kappa shape index (κ2) is 6.48. The highest BCUT2D eigenvalue weighted by Gasteiger charge is 2.24. The number of aryl methyl sites for hydroxylation is 2. The van der Waals surface area contributed by atoms with Crippen LogP contribution in [0.2, 0.25) is 0 Å². The summed E-state index contributed by atoms with van der Waals surface area (Å²) in [7, 11) is 2.19. The molecule has 2 heteroatoms. The van der Waals surface area contributed by atoms with Gasteiger partial charge in [0, 0.05) is 22.2 Å². The fourth-order valence-corrected chi connectivity index (χ4v) is 6.24. The Balaban J connectivity index is 1.79. The topological polar surface area (TPSA) is 8.29 Å². The van der Waals surface area contributed by atoms with Gasteiger partial charge in [-0.25, -0.2) is 4.57 Å². The molecule has 7 rings (SSSR count). The van der Waals surface area contributed by atoms with Crippen molar-refractivity contribution in [3.05, 3.63) is 84.1 Å². The van der Waals surface area contributed by atoms with Crippen molar-refractivity contribution in [3.63, 3.8) is 0 Å². The van der Waals surface area contributed by atoms with Gasteiger partial charge in [0.2, 0.25) is 5.52 Å². The van der Waals surface area contributed by atoms with Gasteiger partial charge in [-0.1, -0.05) is 69.3 Å². The van der Waals surface area contributed by atoms with E-state index >= 15 is 0 Å². The third-order valence-corrected chi connectivity index (χ3v) is 7.54. The zero-order valence-corrected chi connectivity index (χ0v) is 20.5. The summed E-state index contributed by atoms with van der Waals surface area (Å²) >= 11 is 0. The van der Waals surface area contributed by atoms with Crippen LogP contribution >= 0.6 is 0 Å². The number of hydrogen-bond donors (Lipinski definition) is 0. The summed E-state index contributed by atoms with van der Waals surface area (Å²) in [6.07, 6.45) is 3.31. The number of rotatable bonds is 1. The lowest BCUT2D eigenvalue weighted by molar-refractivity contribution is -0.643. The van der Waals surface area contributed by atoms with E-state index in [1.807, 2.05) is 0 Å². The van der Waals surface area contributed by atoms with Crippen LogP contribution in [-0.4, -0.2) is 4.40 Å². The molecule has 0 radical (unpaired) electrons. The Kier molecular flexibility index (Phi) is 3.77. The first-order valence-electron chi connectivity index (χ1n) is 12.2. The molecule has 3 aromatic heterocycles. The molecule has 0 saturated heterocycles. The van der Waals surface area contributed by atoms with Gasteiger partial charge >= 0.3 is 0 Å². The van der Waals surface area contributed by atoms with Crippen LogP contribution in [0.5, 0.6) is 0 Å². The zero-order chi connectivity index (χ0) is 23.4. The molecule has 4 aromatic carbocycles. The monoisotopic (exact) mass is 441 g/mol. The van der Waals surface area contributed by atoms with Crippen molar-refractivity contribution < 1.29 is 4.57 Å². The van der Waals surface area contributed by atoms with Crippen molar-refractivity contribution in [2.75, 3.05) is 0 Å². The Labute approximate surface area is 199 Å². The second-order valence-corrected chi connectivity index (χ2v) is 11.3. The van der Waals surface area contributed by atoms with Crippen molar-refractivity contribution in [3.8, 4) is 0 Å². The summed E-state index contributed by atoms with van der Waals surface area (Å²) in [4.78, 5) is 0. The summed E-state index contributed by atoms with van der Waals surface area (Å²) in [5, 5.41) is 9.37. The summed E-state index contributed by atoms with van der Waals surface area (Å²) in [5.74, 6) is 0. The molecule has 0 aliphatic carbocycles. The molecule has 34 heavy (non-hydrogen) atoms. The maximum absolute atomic E-state index is 2.53. The first kappa shape index (κ1) is 19.8. The lowest BCUT2D eigenvalue weighted by Crippen LogP contribution is -2.29. The first-order chi connectivity index (χ1) is 16.3. The van der Waals surface area contributed by atoms with Gasteiger partial charge in [-0.05, 0) is 52.8 Å². The predicted octanol–water partition coefficient (Wildman–Crippen LogP) is 7.86. The Morgan fingerprint density at radius 3 is 2.38 bits per heavy atom. The molecule has 0 atom stereocenters. The zero-order valence-electron chi connectivity index (χ0n) is 20.5. The summed E-state index contributed by atoms with van der Waals surface area (Å²) in [6.45, 7) is 9.20. The highest BCUT2D eigenvalue weighted by atomic mass is 15.0. The third kappa shape index (κ3) is 2.54. The van der Waals surface area contributed by atoms with E-state index in [2.05, 4.69) is 117 Å². The van der Waals surface area contributed by atoms with Crippen LogP contribution in [0.15, 0.2) is 72.9 Å². The van der Waals surface area contributed by atoms with Crippen LogP contribution < -0.4 is 4.57 Å². The third-order valence-electron chi connectivity index (χ3n) is 7.54. The summed E-state index contributed by atoms with van der Waals surface area (Å²) < 4.78 is 4.84. The lowest BCUT2D eigenvalue weighted by atomic mass is 9.87. The van der Waals surface area contributed by atoms with Crippen LogP contribution in [0, 0.1) is 12.3 Å². The minimum atomic E-state index is 0.263. The number of fused-ring (bicyclic) bond motifs is 7. The normalized spacial score (nSPS) is 13.0. The second-order valence-electron chi connectivity index (χ2n) is 11.3. The molecular formula is C32H29N2+. The number of nitrogens with zero attached hydrogens (tertiary/aromatic N) is 2. The average molecular weight is 442 g/mol. The maximum Gasteiger partial charge on any atom is 0.224 e. The van der Waals surface area contributed by atoms with Gasteiger partial charge < -0.3 is 4.40 Å². The fraction of sp³-hybridized carbons (Fsp3) is 0.219. The van der Waals surface area contributed by atoms with Gasteiger partial charge in [-0.2, -0.15) is 0 Å². The fourth-order valence-electron chi connectivity index (χ4n) is 6.24. The molecular weight excluding hydrogens is 412 g/mol. The molecule has 7 aromatic rings. The number of pyridine rings is 2. The van der Waals surface area contributed by atoms with Crippen molar-refractivity contribution >= 4 is 59.8 Å². The summed E-state index contributed by atoms with van der Waals surface area (Å²) in [5.41, 5.74) is 8.24.